The van der Waals surface area contributed by atoms with Gasteiger partial charge in [0, 0.05) is 6.04 Å². The second-order valence-electron chi connectivity index (χ2n) is 4.62. The molecule has 0 bridgehead atoms. The molecule has 17 heavy (non-hydrogen) atoms. The van der Waals surface area contributed by atoms with E-state index in [0.717, 1.165) is 6.42 Å². The van der Waals surface area contributed by atoms with Crippen LogP contribution in [0.3, 0.4) is 0 Å². The molecule has 0 radical (unpaired) electrons. The molecule has 1 unspecified atom stereocenters. The minimum atomic E-state index is -3.21. The molecule has 0 aromatic heterocycles. The van der Waals surface area contributed by atoms with E-state index in [1.54, 1.807) is 13.8 Å². The zero-order chi connectivity index (χ0) is 12.6. The lowest BCUT2D eigenvalue weighted by Crippen LogP contribution is -2.40. The minimum Gasteiger partial charge on any atom is -0.212 e. The number of benzene rings is 1. The van der Waals surface area contributed by atoms with Crippen molar-refractivity contribution >= 4 is 26.0 Å². The zero-order valence-corrected chi connectivity index (χ0v) is 12.3. The third-order valence-electron chi connectivity index (χ3n) is 3.08. The molecule has 0 amide bonds. The first kappa shape index (κ1) is 13.1. The number of nitrogens with one attached hydrogen (secondary N) is 1. The van der Waals surface area contributed by atoms with E-state index >= 15 is 0 Å². The van der Waals surface area contributed by atoms with Gasteiger partial charge in [0.15, 0.2) is 0 Å². The van der Waals surface area contributed by atoms with Gasteiger partial charge in [-0.2, -0.15) is 0 Å². The van der Waals surface area contributed by atoms with Gasteiger partial charge in [-0.1, -0.05) is 40.2 Å². The van der Waals surface area contributed by atoms with Crippen molar-refractivity contribution in [1.82, 2.24) is 4.72 Å². The Morgan fingerprint density at radius 2 is 2.00 bits per heavy atom. The van der Waals surface area contributed by atoms with Crippen molar-refractivity contribution in [1.29, 1.82) is 0 Å². The van der Waals surface area contributed by atoms with E-state index in [9.17, 15) is 8.42 Å². The Bertz CT molecular complexity index is 513. The number of alkyl halides is 1. The third-order valence-corrected chi connectivity index (χ3v) is 6.09. The Morgan fingerprint density at radius 3 is 2.59 bits per heavy atom. The van der Waals surface area contributed by atoms with E-state index in [1.807, 2.05) is 24.3 Å². The van der Waals surface area contributed by atoms with E-state index in [-0.39, 0.29) is 10.9 Å². The third kappa shape index (κ3) is 2.56. The molecule has 0 aliphatic heterocycles. The minimum absolute atomic E-state index is 0.0622. The molecular formula is C12H16BrNO2S. The van der Waals surface area contributed by atoms with Crippen LogP contribution in [-0.4, -0.2) is 19.7 Å². The number of sulfonamides is 1. The largest absolute Gasteiger partial charge is 0.214 e. The molecule has 0 fully saturated rings. The van der Waals surface area contributed by atoms with E-state index in [0.29, 0.717) is 0 Å². The Morgan fingerprint density at radius 1 is 1.35 bits per heavy atom. The van der Waals surface area contributed by atoms with Crippen molar-refractivity contribution in [2.24, 2.45) is 0 Å². The van der Waals surface area contributed by atoms with Crippen LogP contribution in [0.1, 0.15) is 29.8 Å². The van der Waals surface area contributed by atoms with Crippen LogP contribution >= 0.6 is 15.9 Å². The van der Waals surface area contributed by atoms with Crippen LogP contribution in [0.2, 0.25) is 0 Å². The first-order chi connectivity index (χ1) is 7.92. The maximum absolute atomic E-state index is 11.9. The number of fused-ring (bicyclic) bond motifs is 1. The number of halogens is 1. The van der Waals surface area contributed by atoms with Crippen LogP contribution in [0.15, 0.2) is 24.3 Å². The monoisotopic (exact) mass is 317 g/mol. The summed E-state index contributed by atoms with van der Waals surface area (Å²) < 4.78 is 26.5. The summed E-state index contributed by atoms with van der Waals surface area (Å²) in [5, 5.41) is -0.397. The van der Waals surface area contributed by atoms with E-state index in [2.05, 4.69) is 20.7 Å². The molecule has 5 heteroatoms. The molecule has 0 heterocycles. The zero-order valence-electron chi connectivity index (χ0n) is 9.85. The predicted molar refractivity (Wildman–Crippen MR) is 72.8 cm³/mol. The number of hydrogen-bond acceptors (Lipinski definition) is 2. The first-order valence-corrected chi connectivity index (χ1v) is 8.11. The van der Waals surface area contributed by atoms with Crippen LogP contribution < -0.4 is 4.72 Å². The fraction of sp³-hybridized carbons (Fsp3) is 0.500. The summed E-state index contributed by atoms with van der Waals surface area (Å²) in [5.74, 6) is 0. The van der Waals surface area contributed by atoms with E-state index in [1.165, 1.54) is 11.1 Å². The van der Waals surface area contributed by atoms with Crippen LogP contribution in [0.4, 0.5) is 0 Å². The average Bonchev–Trinajstić information content (AvgIpc) is 2.56. The highest BCUT2D eigenvalue weighted by molar-refractivity contribution is 9.09. The van der Waals surface area contributed by atoms with Crippen LogP contribution in [0, 0.1) is 0 Å². The Balaban J connectivity index is 2.19. The molecule has 0 saturated heterocycles. The summed E-state index contributed by atoms with van der Waals surface area (Å²) in [7, 11) is -3.21. The quantitative estimate of drug-likeness (QED) is 0.870. The summed E-state index contributed by atoms with van der Waals surface area (Å²) in [6.45, 7) is 3.38. The van der Waals surface area contributed by atoms with Crippen LogP contribution in [0.5, 0.6) is 0 Å². The van der Waals surface area contributed by atoms with Crippen molar-refractivity contribution < 1.29 is 8.42 Å². The second-order valence-corrected chi connectivity index (χ2v) is 7.88. The Hall–Kier alpha value is -0.390. The van der Waals surface area contributed by atoms with Crippen LogP contribution in [-0.2, 0) is 16.4 Å². The van der Waals surface area contributed by atoms with Gasteiger partial charge in [-0.05, 0) is 31.4 Å². The molecule has 1 aliphatic carbocycles. The van der Waals surface area contributed by atoms with Gasteiger partial charge in [-0.3, -0.25) is 0 Å². The first-order valence-electron chi connectivity index (χ1n) is 5.65. The van der Waals surface area contributed by atoms with Gasteiger partial charge < -0.3 is 0 Å². The van der Waals surface area contributed by atoms with Gasteiger partial charge in [-0.15, -0.1) is 0 Å². The van der Waals surface area contributed by atoms with Crippen LogP contribution in [0.25, 0.3) is 0 Å². The lowest BCUT2D eigenvalue weighted by atomic mass is 10.1. The molecule has 1 aromatic rings. The molecule has 1 N–H and O–H groups in total. The van der Waals surface area contributed by atoms with E-state index < -0.39 is 15.3 Å². The SMILES string of the molecule is CC(C)S(=O)(=O)N[C@H]1Cc2ccccc2C1Br. The molecule has 1 aromatic carbocycles. The van der Waals surface area contributed by atoms with Gasteiger partial charge in [0.1, 0.15) is 0 Å². The van der Waals surface area contributed by atoms with Gasteiger partial charge in [0.2, 0.25) is 10.0 Å². The summed E-state index contributed by atoms with van der Waals surface area (Å²) in [6.07, 6.45) is 0.748. The van der Waals surface area contributed by atoms with Crippen molar-refractivity contribution in [3.05, 3.63) is 35.4 Å². The molecule has 94 valence electrons. The molecular weight excluding hydrogens is 302 g/mol. The predicted octanol–water partition coefficient (Wildman–Crippen LogP) is 2.38. The highest BCUT2D eigenvalue weighted by atomic mass is 79.9. The molecule has 2 rings (SSSR count). The molecule has 1 aliphatic rings. The lowest BCUT2D eigenvalue weighted by molar-refractivity contribution is 0.546. The normalized spacial score (nSPS) is 24.0. The highest BCUT2D eigenvalue weighted by Crippen LogP contribution is 2.38. The highest BCUT2D eigenvalue weighted by Gasteiger charge is 2.33. The maximum atomic E-state index is 11.9. The van der Waals surface area contributed by atoms with Gasteiger partial charge in [-0.25, -0.2) is 13.1 Å². The fourth-order valence-corrected chi connectivity index (χ4v) is 3.85. The summed E-state index contributed by atoms with van der Waals surface area (Å²) >= 11 is 3.58. The van der Waals surface area contributed by atoms with Crippen molar-refractivity contribution in [2.75, 3.05) is 0 Å². The summed E-state index contributed by atoms with van der Waals surface area (Å²) in [4.78, 5) is 0.0622. The van der Waals surface area contributed by atoms with Crippen molar-refractivity contribution in [3.8, 4) is 0 Å². The number of hydrogen-bond donors (Lipinski definition) is 1. The van der Waals surface area contributed by atoms with Gasteiger partial charge >= 0.3 is 0 Å². The molecule has 2 atom stereocenters. The number of rotatable bonds is 3. The fourth-order valence-electron chi connectivity index (χ4n) is 1.99. The lowest BCUT2D eigenvalue weighted by Gasteiger charge is -2.18. The Kier molecular flexibility index (Phi) is 3.61. The molecule has 3 nitrogen and oxygen atoms in total. The smallest absolute Gasteiger partial charge is 0.212 e. The topological polar surface area (TPSA) is 46.2 Å². The van der Waals surface area contributed by atoms with Crippen molar-refractivity contribution in [2.45, 2.75) is 36.4 Å². The molecule has 0 saturated carbocycles. The average molecular weight is 318 g/mol. The standard InChI is InChI=1S/C12H16BrNO2S/c1-8(2)17(15,16)14-11-7-9-5-3-4-6-10(9)12(11)13/h3-6,8,11-12,14H,7H2,1-2H3/t11-,12?/m0/s1. The Labute approximate surface area is 111 Å². The van der Waals surface area contributed by atoms with Gasteiger partial charge in [0.05, 0.1) is 10.1 Å². The van der Waals surface area contributed by atoms with E-state index in [4.69, 9.17) is 0 Å². The summed E-state index contributed by atoms with van der Waals surface area (Å²) in [5.41, 5.74) is 2.40. The second kappa shape index (κ2) is 4.71. The summed E-state index contributed by atoms with van der Waals surface area (Å²) in [6, 6.07) is 7.97. The van der Waals surface area contributed by atoms with Crippen molar-refractivity contribution in [3.63, 3.8) is 0 Å². The van der Waals surface area contributed by atoms with Gasteiger partial charge in [0.25, 0.3) is 0 Å². The maximum Gasteiger partial charge on any atom is 0.214 e. The molecule has 0 spiro atoms.